The van der Waals surface area contributed by atoms with Gasteiger partial charge in [-0.1, -0.05) is 13.8 Å². The summed E-state index contributed by atoms with van der Waals surface area (Å²) < 4.78 is 7.78. The van der Waals surface area contributed by atoms with Crippen LogP contribution < -0.4 is 10.9 Å². The number of nitrogens with one attached hydrogen (secondary N) is 2. The molecule has 0 aromatic carbocycles. The molecule has 2 unspecified atom stereocenters. The molecule has 1 saturated heterocycles. The second kappa shape index (κ2) is 6.17. The fourth-order valence-electron chi connectivity index (χ4n) is 2.59. The molecule has 2 rings (SSSR count). The fourth-order valence-corrected chi connectivity index (χ4v) is 2.84. The van der Waals surface area contributed by atoms with E-state index in [1.807, 2.05) is 13.8 Å². The normalized spacial score (nSPS) is 29.8. The van der Waals surface area contributed by atoms with Crippen LogP contribution in [0.4, 0.5) is 0 Å². The Labute approximate surface area is 122 Å². The average Bonchev–Trinajstić information content (AvgIpc) is 2.70. The molecule has 0 amide bonds. The molecule has 2 heterocycles. The van der Waals surface area contributed by atoms with Gasteiger partial charge in [0, 0.05) is 24.2 Å². The Bertz CT molecular complexity index is 583. The first-order valence-electron chi connectivity index (χ1n) is 6.82. The highest BCUT2D eigenvalue weighted by molar-refractivity contribution is 7.71. The highest BCUT2D eigenvalue weighted by atomic mass is 32.1. The lowest BCUT2D eigenvalue weighted by Crippen LogP contribution is -2.28. The molecule has 6 nitrogen and oxygen atoms in total. The van der Waals surface area contributed by atoms with E-state index in [1.54, 1.807) is 17.8 Å². The largest absolute Gasteiger partial charge is 0.388 e. The van der Waals surface area contributed by atoms with E-state index in [2.05, 4.69) is 10.3 Å². The second-order valence-electron chi connectivity index (χ2n) is 5.17. The van der Waals surface area contributed by atoms with Crippen molar-refractivity contribution >= 4 is 12.2 Å². The van der Waals surface area contributed by atoms with Crippen LogP contribution in [0.5, 0.6) is 0 Å². The van der Waals surface area contributed by atoms with Gasteiger partial charge in [0.05, 0.1) is 6.10 Å². The highest BCUT2D eigenvalue weighted by Crippen LogP contribution is 2.35. The first kappa shape index (κ1) is 15.4. The first-order valence-corrected chi connectivity index (χ1v) is 7.22. The van der Waals surface area contributed by atoms with E-state index in [0.29, 0.717) is 12.1 Å². The summed E-state index contributed by atoms with van der Waals surface area (Å²) in [6.07, 6.45) is 1.30. The van der Waals surface area contributed by atoms with Crippen LogP contribution in [0.15, 0.2) is 11.0 Å². The Morgan fingerprint density at radius 2 is 2.30 bits per heavy atom. The third-order valence-corrected chi connectivity index (χ3v) is 4.13. The van der Waals surface area contributed by atoms with Gasteiger partial charge in [0.25, 0.3) is 5.56 Å². The van der Waals surface area contributed by atoms with Gasteiger partial charge in [-0.3, -0.25) is 14.3 Å². The van der Waals surface area contributed by atoms with Gasteiger partial charge in [-0.15, -0.1) is 0 Å². The van der Waals surface area contributed by atoms with E-state index >= 15 is 0 Å². The van der Waals surface area contributed by atoms with Crippen LogP contribution in [0.3, 0.4) is 0 Å². The summed E-state index contributed by atoms with van der Waals surface area (Å²) >= 11 is 5.18. The molecule has 1 fully saturated rings. The van der Waals surface area contributed by atoms with Gasteiger partial charge in [-0.25, -0.2) is 0 Å². The van der Waals surface area contributed by atoms with Crippen LogP contribution in [-0.4, -0.2) is 33.9 Å². The molecule has 1 aliphatic rings. The summed E-state index contributed by atoms with van der Waals surface area (Å²) in [5, 5.41) is 13.3. The monoisotopic (exact) mass is 299 g/mol. The Kier molecular flexibility index (Phi) is 4.74. The van der Waals surface area contributed by atoms with Gasteiger partial charge in [-0.2, -0.15) is 0 Å². The van der Waals surface area contributed by atoms with E-state index in [1.165, 1.54) is 0 Å². The number of hydrogen-bond donors (Lipinski definition) is 3. The summed E-state index contributed by atoms with van der Waals surface area (Å²) in [5.74, 6) is 0.0339. The van der Waals surface area contributed by atoms with Crippen LogP contribution in [-0.2, 0) is 11.3 Å². The molecule has 112 valence electrons. The number of aromatic nitrogens is 2. The number of H-pyrrole nitrogens is 1. The molecule has 1 aromatic rings. The molecule has 0 saturated carbocycles. The summed E-state index contributed by atoms with van der Waals surface area (Å²) in [7, 11) is 1.77. The van der Waals surface area contributed by atoms with Crippen LogP contribution in [0.25, 0.3) is 0 Å². The summed E-state index contributed by atoms with van der Waals surface area (Å²) in [6, 6.07) is 0. The van der Waals surface area contributed by atoms with Crippen molar-refractivity contribution < 1.29 is 9.84 Å². The summed E-state index contributed by atoms with van der Waals surface area (Å²) in [6.45, 7) is 4.41. The smallest absolute Gasteiger partial charge is 0.256 e. The Morgan fingerprint density at radius 1 is 1.60 bits per heavy atom. The number of hydrogen-bond acceptors (Lipinski definition) is 5. The summed E-state index contributed by atoms with van der Waals surface area (Å²) in [4.78, 5) is 14.4. The molecular formula is C13H21N3O3S. The molecule has 4 atom stereocenters. The van der Waals surface area contributed by atoms with Crippen LogP contribution in [0.1, 0.15) is 32.1 Å². The van der Waals surface area contributed by atoms with Crippen molar-refractivity contribution in [2.24, 2.45) is 5.92 Å². The molecular weight excluding hydrogens is 278 g/mol. The summed E-state index contributed by atoms with van der Waals surface area (Å²) in [5.41, 5.74) is 0.345. The number of aliphatic hydroxyl groups excluding tert-OH is 1. The number of aromatic amines is 1. The van der Waals surface area contributed by atoms with Gasteiger partial charge in [0.1, 0.15) is 6.10 Å². The van der Waals surface area contributed by atoms with Crippen LogP contribution in [0, 0.1) is 10.7 Å². The molecule has 1 aromatic heterocycles. The number of ether oxygens (including phenoxy) is 1. The third-order valence-electron chi connectivity index (χ3n) is 3.82. The topological polar surface area (TPSA) is 79.3 Å². The van der Waals surface area contributed by atoms with Gasteiger partial charge in [-0.05, 0) is 25.7 Å². The molecule has 0 spiro atoms. The molecule has 0 bridgehead atoms. The SMILES string of the molecule is CC[C@H]1O[C@@H](n2cc(CNC)c(=O)[nH]c2=S)C(O)C1C. The van der Waals surface area contributed by atoms with E-state index in [-0.39, 0.29) is 22.4 Å². The van der Waals surface area contributed by atoms with Crippen molar-refractivity contribution in [2.75, 3.05) is 7.05 Å². The Balaban J connectivity index is 2.40. The highest BCUT2D eigenvalue weighted by Gasteiger charge is 2.41. The quantitative estimate of drug-likeness (QED) is 0.721. The minimum Gasteiger partial charge on any atom is -0.388 e. The van der Waals surface area contributed by atoms with E-state index in [9.17, 15) is 9.90 Å². The van der Waals surface area contributed by atoms with Crippen LogP contribution in [0.2, 0.25) is 0 Å². The molecule has 7 heteroatoms. The Hall–Kier alpha value is -1.02. The maximum absolute atomic E-state index is 11.8. The zero-order valence-corrected chi connectivity index (χ0v) is 12.7. The predicted octanol–water partition coefficient (Wildman–Crippen LogP) is 0.930. The second-order valence-corrected chi connectivity index (χ2v) is 5.56. The zero-order chi connectivity index (χ0) is 14.9. The lowest BCUT2D eigenvalue weighted by atomic mass is 9.99. The first-order chi connectivity index (χ1) is 9.49. The number of aliphatic hydroxyl groups is 1. The fraction of sp³-hybridized carbons (Fsp3) is 0.692. The van der Waals surface area contributed by atoms with E-state index in [4.69, 9.17) is 17.0 Å². The van der Waals surface area contributed by atoms with Gasteiger partial charge < -0.3 is 15.2 Å². The number of nitrogens with zero attached hydrogens (tertiary/aromatic N) is 1. The van der Waals surface area contributed by atoms with Crippen molar-refractivity contribution in [1.82, 2.24) is 14.9 Å². The number of rotatable bonds is 4. The van der Waals surface area contributed by atoms with Crippen LogP contribution >= 0.6 is 12.2 Å². The average molecular weight is 299 g/mol. The van der Waals surface area contributed by atoms with Crippen molar-refractivity contribution in [1.29, 1.82) is 0 Å². The van der Waals surface area contributed by atoms with Gasteiger partial charge in [0.15, 0.2) is 11.0 Å². The van der Waals surface area contributed by atoms with Gasteiger partial charge in [0.2, 0.25) is 0 Å². The lowest BCUT2D eigenvalue weighted by molar-refractivity contribution is -0.0395. The van der Waals surface area contributed by atoms with Gasteiger partial charge >= 0.3 is 0 Å². The van der Waals surface area contributed by atoms with Crippen molar-refractivity contribution in [3.8, 4) is 0 Å². The maximum atomic E-state index is 11.8. The molecule has 1 aliphatic heterocycles. The van der Waals surface area contributed by atoms with E-state index < -0.39 is 12.3 Å². The lowest BCUT2D eigenvalue weighted by Gasteiger charge is -2.19. The zero-order valence-electron chi connectivity index (χ0n) is 11.9. The van der Waals surface area contributed by atoms with Crippen molar-refractivity contribution in [2.45, 2.75) is 45.2 Å². The molecule has 20 heavy (non-hydrogen) atoms. The molecule has 3 N–H and O–H groups in total. The van der Waals surface area contributed by atoms with Crippen molar-refractivity contribution in [3.63, 3.8) is 0 Å². The van der Waals surface area contributed by atoms with E-state index in [0.717, 1.165) is 6.42 Å². The molecule has 0 radical (unpaired) electrons. The standard InChI is InChI=1S/C13H21N3O3S/c1-4-9-7(2)10(17)12(19-9)16-6-8(5-14-3)11(18)15-13(16)20/h6-7,9-10,12,14,17H,4-5H2,1-3H3,(H,15,18,20)/t7?,9-,10?,12-/m1/s1. The maximum Gasteiger partial charge on any atom is 0.256 e. The molecule has 0 aliphatic carbocycles. The Morgan fingerprint density at radius 3 is 2.85 bits per heavy atom. The third kappa shape index (κ3) is 2.71. The minimum absolute atomic E-state index is 0.00317. The predicted molar refractivity (Wildman–Crippen MR) is 78.0 cm³/mol. The van der Waals surface area contributed by atoms with Crippen molar-refractivity contribution in [3.05, 3.63) is 26.9 Å². The minimum atomic E-state index is -0.639.